The Balaban J connectivity index is 1.26. The van der Waals surface area contributed by atoms with Crippen molar-refractivity contribution in [1.82, 2.24) is 15.0 Å². The Morgan fingerprint density at radius 3 is 1.75 bits per heavy atom. The van der Waals surface area contributed by atoms with E-state index in [1.54, 1.807) is 0 Å². The summed E-state index contributed by atoms with van der Waals surface area (Å²) in [4.78, 5) is 15.5. The number of para-hydroxylation sites is 1. The molecule has 0 aliphatic carbocycles. The maximum Gasteiger partial charge on any atom is 0.164 e. The number of nitrogens with zero attached hydrogens (tertiary/aromatic N) is 3. The van der Waals surface area contributed by atoms with Crippen LogP contribution in [0.4, 0.5) is 0 Å². The molecule has 0 bridgehead atoms. The van der Waals surface area contributed by atoms with Crippen LogP contribution in [-0.2, 0) is 0 Å². The predicted octanol–water partition coefficient (Wildman–Crippen LogP) is 12.1. The molecule has 8 aromatic carbocycles. The molecule has 0 saturated heterocycles. The fraction of sp³-hybridized carbons (Fsp3) is 0. The number of aromatic hydroxyl groups is 1. The summed E-state index contributed by atoms with van der Waals surface area (Å²) in [6, 6.07) is 57.0. The third kappa shape index (κ3) is 4.98. The number of furan rings is 1. The molecule has 1 N–H and O–H groups in total. The van der Waals surface area contributed by atoms with Gasteiger partial charge in [0.2, 0.25) is 0 Å². The first-order chi connectivity index (χ1) is 25.7. The summed E-state index contributed by atoms with van der Waals surface area (Å²) in [7, 11) is 0. The third-order valence-electron chi connectivity index (χ3n) is 9.81. The second kappa shape index (κ2) is 12.0. The van der Waals surface area contributed by atoms with E-state index in [-0.39, 0.29) is 5.75 Å². The van der Waals surface area contributed by atoms with Gasteiger partial charge >= 0.3 is 0 Å². The van der Waals surface area contributed by atoms with Gasteiger partial charge in [-0.05, 0) is 74.6 Å². The minimum atomic E-state index is 0.134. The first-order valence-electron chi connectivity index (χ1n) is 17.2. The van der Waals surface area contributed by atoms with Gasteiger partial charge in [0.1, 0.15) is 16.9 Å². The van der Waals surface area contributed by atoms with Gasteiger partial charge in [-0.3, -0.25) is 0 Å². The van der Waals surface area contributed by atoms with Gasteiger partial charge in [0.25, 0.3) is 0 Å². The first kappa shape index (κ1) is 29.8. The minimum absolute atomic E-state index is 0.134. The van der Waals surface area contributed by atoms with Gasteiger partial charge in [0.15, 0.2) is 17.5 Å². The predicted molar refractivity (Wildman–Crippen MR) is 211 cm³/mol. The lowest BCUT2D eigenvalue weighted by Gasteiger charge is -2.16. The lowest BCUT2D eigenvalue weighted by Crippen LogP contribution is -2.02. The Morgan fingerprint density at radius 1 is 0.365 bits per heavy atom. The molecule has 10 rings (SSSR count). The topological polar surface area (TPSA) is 72.0 Å². The lowest BCUT2D eigenvalue weighted by molar-refractivity contribution is 0.477. The molecule has 52 heavy (non-hydrogen) atoms. The molecule has 0 aliphatic heterocycles. The largest absolute Gasteiger partial charge is 0.507 e. The molecule has 0 amide bonds. The van der Waals surface area contributed by atoms with E-state index in [2.05, 4.69) is 72.8 Å². The van der Waals surface area contributed by atoms with Crippen LogP contribution >= 0.6 is 0 Å². The van der Waals surface area contributed by atoms with Crippen molar-refractivity contribution < 1.29 is 9.52 Å². The minimum Gasteiger partial charge on any atom is -0.507 e. The first-order valence-corrected chi connectivity index (χ1v) is 17.2. The molecular weight excluding hydrogens is 639 g/mol. The fourth-order valence-corrected chi connectivity index (χ4v) is 7.36. The summed E-state index contributed by atoms with van der Waals surface area (Å²) in [5.41, 5.74) is 7.41. The third-order valence-corrected chi connectivity index (χ3v) is 9.81. The average Bonchev–Trinajstić information content (AvgIpc) is 3.59. The number of hydrogen-bond donors (Lipinski definition) is 1. The van der Waals surface area contributed by atoms with E-state index in [9.17, 15) is 5.11 Å². The van der Waals surface area contributed by atoms with Crippen LogP contribution in [0.25, 0.3) is 99.9 Å². The van der Waals surface area contributed by atoms with Crippen LogP contribution in [0.5, 0.6) is 5.75 Å². The zero-order chi connectivity index (χ0) is 34.6. The van der Waals surface area contributed by atoms with Crippen LogP contribution < -0.4 is 0 Å². The van der Waals surface area contributed by atoms with Crippen molar-refractivity contribution in [2.24, 2.45) is 0 Å². The van der Waals surface area contributed by atoms with Crippen molar-refractivity contribution in [2.45, 2.75) is 0 Å². The molecule has 0 saturated carbocycles. The highest BCUT2D eigenvalue weighted by molar-refractivity contribution is 6.13. The van der Waals surface area contributed by atoms with Crippen molar-refractivity contribution in [1.29, 1.82) is 0 Å². The van der Waals surface area contributed by atoms with Gasteiger partial charge < -0.3 is 9.52 Å². The van der Waals surface area contributed by atoms with Crippen molar-refractivity contribution in [2.75, 3.05) is 0 Å². The summed E-state index contributed by atoms with van der Waals surface area (Å²) in [5, 5.41) is 18.5. The summed E-state index contributed by atoms with van der Waals surface area (Å²) in [6.07, 6.45) is 0. The Bertz CT molecular complexity index is 2970. The summed E-state index contributed by atoms with van der Waals surface area (Å²) in [6.45, 7) is 0. The van der Waals surface area contributed by atoms with E-state index in [0.717, 1.165) is 65.9 Å². The lowest BCUT2D eigenvalue weighted by atomic mass is 9.92. The molecule has 2 aromatic heterocycles. The van der Waals surface area contributed by atoms with E-state index >= 15 is 0 Å². The maximum atomic E-state index is 11.9. The van der Waals surface area contributed by atoms with Crippen LogP contribution in [0.2, 0.25) is 0 Å². The van der Waals surface area contributed by atoms with Crippen LogP contribution in [0.3, 0.4) is 0 Å². The van der Waals surface area contributed by atoms with Crippen molar-refractivity contribution in [3.05, 3.63) is 170 Å². The molecule has 0 radical (unpaired) electrons. The highest BCUT2D eigenvalue weighted by Gasteiger charge is 2.21. The zero-order valence-electron chi connectivity index (χ0n) is 27.9. The molecule has 0 fully saturated rings. The standard InChI is InChI=1S/C47H29N3O2/c51-41-28-33(31-23-24-43-38(25-31)37-21-11-12-22-42(37)52-43)27-40(44(41)29-13-3-1-4-14-29)47-49-45(30-15-5-2-6-16-30)48-46(50-47)39-26-32-17-7-8-18-34(32)35-19-9-10-20-36(35)39/h1-28,51H. The van der Waals surface area contributed by atoms with Crippen LogP contribution in [0.15, 0.2) is 174 Å². The Kier molecular flexibility index (Phi) is 6.89. The highest BCUT2D eigenvalue weighted by Crippen LogP contribution is 2.43. The maximum absolute atomic E-state index is 11.9. The number of rotatable bonds is 5. The molecule has 0 unspecified atom stereocenters. The number of phenols is 1. The highest BCUT2D eigenvalue weighted by atomic mass is 16.3. The molecule has 2 heterocycles. The van der Waals surface area contributed by atoms with Gasteiger partial charge in [-0.15, -0.1) is 0 Å². The molecule has 244 valence electrons. The summed E-state index contributed by atoms with van der Waals surface area (Å²) >= 11 is 0. The molecule has 5 heteroatoms. The molecule has 0 aliphatic rings. The van der Waals surface area contributed by atoms with E-state index in [1.807, 2.05) is 97.1 Å². The molecule has 0 atom stereocenters. The second-order valence-electron chi connectivity index (χ2n) is 13.0. The normalized spacial score (nSPS) is 11.5. The van der Waals surface area contributed by atoms with Gasteiger partial charge in [-0.25, -0.2) is 15.0 Å². The quantitative estimate of drug-likeness (QED) is 0.185. The van der Waals surface area contributed by atoms with Gasteiger partial charge in [-0.2, -0.15) is 0 Å². The summed E-state index contributed by atoms with van der Waals surface area (Å²) in [5.74, 6) is 1.70. The summed E-state index contributed by atoms with van der Waals surface area (Å²) < 4.78 is 6.13. The van der Waals surface area contributed by atoms with E-state index in [1.165, 1.54) is 5.39 Å². The molecule has 0 spiro atoms. The van der Waals surface area contributed by atoms with Crippen LogP contribution in [0.1, 0.15) is 0 Å². The SMILES string of the molecule is Oc1cc(-c2ccc3oc4ccccc4c3c2)cc(-c2nc(-c3ccccc3)nc(-c3cc4ccccc4c4ccccc34)n2)c1-c1ccccc1. The van der Waals surface area contributed by atoms with Crippen LogP contribution in [0, 0.1) is 0 Å². The van der Waals surface area contributed by atoms with Gasteiger partial charge in [-0.1, -0.05) is 133 Å². The number of hydrogen-bond acceptors (Lipinski definition) is 5. The second-order valence-corrected chi connectivity index (χ2v) is 13.0. The van der Waals surface area contributed by atoms with E-state index < -0.39 is 0 Å². The fourth-order valence-electron chi connectivity index (χ4n) is 7.36. The van der Waals surface area contributed by atoms with Crippen molar-refractivity contribution >= 4 is 43.5 Å². The van der Waals surface area contributed by atoms with Crippen LogP contribution in [-0.4, -0.2) is 20.1 Å². The number of aromatic nitrogens is 3. The van der Waals surface area contributed by atoms with Gasteiger partial charge in [0.05, 0.1) is 0 Å². The Hall–Kier alpha value is -7.11. The molecular formula is C47H29N3O2. The molecule has 5 nitrogen and oxygen atoms in total. The molecule has 10 aromatic rings. The number of fused-ring (bicyclic) bond motifs is 6. The smallest absolute Gasteiger partial charge is 0.164 e. The van der Waals surface area contributed by atoms with E-state index in [0.29, 0.717) is 28.6 Å². The van der Waals surface area contributed by atoms with Gasteiger partial charge in [0, 0.05) is 33.0 Å². The van der Waals surface area contributed by atoms with Crippen molar-refractivity contribution in [3.8, 4) is 62.2 Å². The average molecular weight is 668 g/mol. The number of benzene rings is 8. The Morgan fingerprint density at radius 2 is 0.962 bits per heavy atom. The number of phenolic OH excluding ortho intramolecular Hbond substituents is 1. The Labute approximate surface area is 299 Å². The van der Waals surface area contributed by atoms with Crippen molar-refractivity contribution in [3.63, 3.8) is 0 Å². The monoisotopic (exact) mass is 667 g/mol. The zero-order valence-corrected chi connectivity index (χ0v) is 27.9. The van der Waals surface area contributed by atoms with E-state index in [4.69, 9.17) is 19.4 Å².